The van der Waals surface area contributed by atoms with Crippen LogP contribution in [0.2, 0.25) is 0 Å². The first-order valence-electron chi connectivity index (χ1n) is 7.82. The summed E-state index contributed by atoms with van der Waals surface area (Å²) in [4.78, 5) is 66.8. The lowest BCUT2D eigenvalue weighted by atomic mass is 10.4. The molecule has 0 aliphatic rings. The second-order valence-corrected chi connectivity index (χ2v) is 4.58. The van der Waals surface area contributed by atoms with Gasteiger partial charge in [0.2, 0.25) is 13.6 Å². The Morgan fingerprint density at radius 1 is 0.633 bits per heavy atom. The molecule has 0 fully saturated rings. The van der Waals surface area contributed by atoms with Gasteiger partial charge in [-0.2, -0.15) is 0 Å². The number of methoxy groups -OCH3 is 1. The first kappa shape index (κ1) is 26.3. The fraction of sp³-hybridized carbons (Fsp3) is 0.571. The zero-order valence-corrected chi connectivity index (χ0v) is 15.7. The number of alkyl carbamates (subject to hydrolysis) is 2. The van der Waals surface area contributed by atoms with Crippen LogP contribution in [0.1, 0.15) is 12.8 Å². The predicted molar refractivity (Wildman–Crippen MR) is 86.4 cm³/mol. The normalized spacial score (nSPS) is 9.53. The van der Waals surface area contributed by atoms with Crippen LogP contribution < -0.4 is 10.6 Å². The minimum absolute atomic E-state index is 0.331. The average Bonchev–Trinajstić information content (AvgIpc) is 2.66. The molecule has 0 saturated heterocycles. The van der Waals surface area contributed by atoms with E-state index in [1.54, 1.807) is 0 Å². The van der Waals surface area contributed by atoms with E-state index in [9.17, 15) is 28.8 Å². The van der Waals surface area contributed by atoms with Crippen LogP contribution in [0.4, 0.5) is 9.59 Å². The van der Waals surface area contributed by atoms with Crippen molar-refractivity contribution in [3.63, 3.8) is 0 Å². The quantitative estimate of drug-likeness (QED) is 0.120. The molecule has 0 spiro atoms. The molecule has 3 N–H and O–H groups in total. The molecule has 0 unspecified atom stereocenters. The molecule has 2 amide bonds. The zero-order chi connectivity index (χ0) is 22.8. The number of aliphatic hydroxyl groups is 1. The molecule has 0 atom stereocenters. The molecule has 0 aliphatic carbocycles. The highest BCUT2D eigenvalue weighted by atomic mass is 16.7. The minimum Gasteiger partial charge on any atom is -0.438 e. The van der Waals surface area contributed by atoms with E-state index in [1.165, 1.54) is 7.11 Å². The summed E-state index contributed by atoms with van der Waals surface area (Å²) in [5.74, 6) is -4.01. The van der Waals surface area contributed by atoms with Crippen LogP contribution in [0, 0.1) is 0 Å². The summed E-state index contributed by atoms with van der Waals surface area (Å²) in [5, 5.41) is 12.3. The molecule has 0 bridgehead atoms. The number of carbonyl (C=O) groups is 6. The third kappa shape index (κ3) is 15.4. The lowest BCUT2D eigenvalue weighted by molar-refractivity contribution is -0.165. The van der Waals surface area contributed by atoms with Crippen molar-refractivity contribution in [3.8, 4) is 0 Å². The summed E-state index contributed by atoms with van der Waals surface area (Å²) >= 11 is 0. The smallest absolute Gasteiger partial charge is 0.411 e. The molecule has 0 saturated carbocycles. The third-order valence-electron chi connectivity index (χ3n) is 2.43. The Kier molecular flexibility index (Phi) is 14.3. The number of carbonyl (C=O) groups excluding carboxylic acids is 6. The van der Waals surface area contributed by atoms with E-state index in [0.717, 1.165) is 0 Å². The lowest BCUT2D eigenvalue weighted by Gasteiger charge is -2.09. The second-order valence-electron chi connectivity index (χ2n) is 4.58. The van der Waals surface area contributed by atoms with Gasteiger partial charge in [0, 0.05) is 7.11 Å². The second kappa shape index (κ2) is 16.3. The number of amides is 2. The van der Waals surface area contributed by atoms with Crippen molar-refractivity contribution in [2.75, 3.05) is 41.0 Å². The molecule has 0 radical (unpaired) electrons. The molecule has 16 nitrogen and oxygen atoms in total. The first-order valence-corrected chi connectivity index (χ1v) is 7.82. The number of aliphatic hydroxyl groups excluding tert-OH is 1. The molecule has 0 aromatic carbocycles. The van der Waals surface area contributed by atoms with Gasteiger partial charge in [-0.15, -0.1) is 0 Å². The highest BCUT2D eigenvalue weighted by molar-refractivity contribution is 5.91. The summed E-state index contributed by atoms with van der Waals surface area (Å²) in [7, 11) is 1.28. The summed E-state index contributed by atoms with van der Waals surface area (Å²) < 4.78 is 30.6. The van der Waals surface area contributed by atoms with E-state index in [1.807, 2.05) is 10.6 Å². The molecule has 0 aliphatic heterocycles. The van der Waals surface area contributed by atoms with Crippen LogP contribution >= 0.6 is 0 Å². The largest absolute Gasteiger partial charge is 0.438 e. The maximum Gasteiger partial charge on any atom is 0.411 e. The van der Waals surface area contributed by atoms with Crippen molar-refractivity contribution in [1.82, 2.24) is 10.6 Å². The van der Waals surface area contributed by atoms with Gasteiger partial charge >= 0.3 is 36.1 Å². The Morgan fingerprint density at radius 2 is 1.03 bits per heavy atom. The average molecular weight is 440 g/mol. The number of esters is 4. The van der Waals surface area contributed by atoms with E-state index < -0.39 is 76.0 Å². The fourth-order valence-electron chi connectivity index (χ4n) is 1.22. The van der Waals surface area contributed by atoms with Gasteiger partial charge in [-0.1, -0.05) is 0 Å². The van der Waals surface area contributed by atoms with Gasteiger partial charge in [-0.25, -0.2) is 9.59 Å². The van der Waals surface area contributed by atoms with Gasteiger partial charge in [-0.3, -0.25) is 19.2 Å². The lowest BCUT2D eigenvalue weighted by Crippen LogP contribution is -2.38. The van der Waals surface area contributed by atoms with E-state index in [2.05, 4.69) is 33.2 Å². The third-order valence-corrected chi connectivity index (χ3v) is 2.43. The van der Waals surface area contributed by atoms with Gasteiger partial charge in [0.05, 0.1) is 6.67 Å². The van der Waals surface area contributed by atoms with Crippen LogP contribution in [0.25, 0.3) is 0 Å². The molecular weight excluding hydrogens is 420 g/mol. The summed E-state index contributed by atoms with van der Waals surface area (Å²) in [6.07, 6.45) is -3.69. The highest BCUT2D eigenvalue weighted by Gasteiger charge is 2.14. The standard InChI is InChI=1S/C14H20N2O14/c1-24-6-26-10(19)3-12(21)28-8-30-14(23)16-4-15-13(22)29-7-27-11(20)2-9(18)25-5-17/h17H,2-8H2,1H3,(H,15,22)(H,16,23). The molecular formula is C14H20N2O14. The first-order chi connectivity index (χ1) is 14.3. The Balaban J connectivity index is 3.74. The van der Waals surface area contributed by atoms with Crippen molar-refractivity contribution < 1.29 is 67.0 Å². The Bertz CT molecular complexity index is 607. The topological polar surface area (TPSA) is 211 Å². The number of hydrogen-bond donors (Lipinski definition) is 3. The Morgan fingerprint density at radius 3 is 1.43 bits per heavy atom. The van der Waals surface area contributed by atoms with E-state index >= 15 is 0 Å². The number of rotatable bonds is 13. The molecule has 16 heteroatoms. The molecule has 170 valence electrons. The summed E-state index contributed by atoms with van der Waals surface area (Å²) in [6.45, 7) is -3.33. The van der Waals surface area contributed by atoms with Crippen LogP contribution in [0.3, 0.4) is 0 Å². The monoisotopic (exact) mass is 440 g/mol. The number of nitrogens with one attached hydrogen (secondary N) is 2. The fourth-order valence-corrected chi connectivity index (χ4v) is 1.22. The molecule has 0 heterocycles. The maximum atomic E-state index is 11.3. The molecule has 0 rings (SSSR count). The highest BCUT2D eigenvalue weighted by Crippen LogP contribution is 1.93. The molecule has 30 heavy (non-hydrogen) atoms. The van der Waals surface area contributed by atoms with Gasteiger partial charge in [-0.05, 0) is 0 Å². The van der Waals surface area contributed by atoms with Crippen molar-refractivity contribution in [2.24, 2.45) is 0 Å². The van der Waals surface area contributed by atoms with Gasteiger partial charge in [0.25, 0.3) is 0 Å². The SMILES string of the molecule is COCOC(=O)CC(=O)OCOC(=O)NCNC(=O)OCOC(=O)CC(=O)OCO. The van der Waals surface area contributed by atoms with Crippen LogP contribution in [0.5, 0.6) is 0 Å². The van der Waals surface area contributed by atoms with Gasteiger partial charge < -0.3 is 48.9 Å². The summed E-state index contributed by atoms with van der Waals surface area (Å²) in [5.41, 5.74) is 0. The van der Waals surface area contributed by atoms with Crippen LogP contribution in [0.15, 0.2) is 0 Å². The van der Waals surface area contributed by atoms with Gasteiger partial charge in [0.1, 0.15) is 12.8 Å². The van der Waals surface area contributed by atoms with E-state index in [4.69, 9.17) is 5.11 Å². The van der Waals surface area contributed by atoms with Crippen LogP contribution in [-0.4, -0.2) is 82.1 Å². The number of hydrogen-bond acceptors (Lipinski definition) is 14. The van der Waals surface area contributed by atoms with Crippen molar-refractivity contribution in [2.45, 2.75) is 12.8 Å². The van der Waals surface area contributed by atoms with Gasteiger partial charge in [0.15, 0.2) is 13.6 Å². The Hall–Kier alpha value is -3.66. The van der Waals surface area contributed by atoms with Crippen molar-refractivity contribution >= 4 is 36.1 Å². The predicted octanol–water partition coefficient (Wildman–Crippen LogP) is -2.18. The van der Waals surface area contributed by atoms with Crippen LogP contribution in [-0.2, 0) is 52.3 Å². The number of ether oxygens (including phenoxy) is 7. The molecule has 0 aromatic heterocycles. The van der Waals surface area contributed by atoms with Crippen molar-refractivity contribution in [1.29, 1.82) is 0 Å². The zero-order valence-electron chi connectivity index (χ0n) is 15.7. The Labute approximate surface area is 168 Å². The van der Waals surface area contributed by atoms with E-state index in [0.29, 0.717) is 0 Å². The molecule has 0 aromatic rings. The minimum atomic E-state index is -1.10. The maximum absolute atomic E-state index is 11.3. The van der Waals surface area contributed by atoms with E-state index in [-0.39, 0.29) is 6.79 Å². The van der Waals surface area contributed by atoms with Crippen molar-refractivity contribution in [3.05, 3.63) is 0 Å². The summed E-state index contributed by atoms with van der Waals surface area (Å²) in [6, 6.07) is 0.